The van der Waals surface area contributed by atoms with Crippen molar-refractivity contribution in [2.24, 2.45) is 0 Å². The second-order valence-electron chi connectivity index (χ2n) is 4.66. The molecule has 0 aromatic heterocycles. The Morgan fingerprint density at radius 2 is 1.57 bits per heavy atom. The molecule has 0 heterocycles. The van der Waals surface area contributed by atoms with Gasteiger partial charge in [-0.25, -0.2) is 0 Å². The molecular weight excluding hydrogens is 288 g/mol. The van der Waals surface area contributed by atoms with Crippen LogP contribution in [0.4, 0.5) is 11.4 Å². The van der Waals surface area contributed by atoms with Crippen molar-refractivity contribution in [3.63, 3.8) is 0 Å². The van der Waals surface area contributed by atoms with Crippen LogP contribution in [0.3, 0.4) is 0 Å². The van der Waals surface area contributed by atoms with Crippen molar-refractivity contribution < 1.29 is 9.59 Å². The van der Waals surface area contributed by atoms with Gasteiger partial charge >= 0.3 is 0 Å². The fourth-order valence-electron chi connectivity index (χ4n) is 2.13. The van der Waals surface area contributed by atoms with Gasteiger partial charge in [-0.05, 0) is 29.8 Å². The average molecular weight is 303 g/mol. The van der Waals surface area contributed by atoms with Gasteiger partial charge < -0.3 is 5.73 Å². The van der Waals surface area contributed by atoms with E-state index in [1.807, 2.05) is 12.1 Å². The maximum atomic E-state index is 11.5. The first-order chi connectivity index (χ1) is 9.90. The number of nitrogen functional groups attached to an aromatic ring is 1. The van der Waals surface area contributed by atoms with Gasteiger partial charge in [0.15, 0.2) is 0 Å². The highest BCUT2D eigenvalue weighted by atomic mass is 35.5. The predicted molar refractivity (Wildman–Crippen MR) is 85.1 cm³/mol. The number of amides is 2. The third kappa shape index (κ3) is 3.23. The summed E-state index contributed by atoms with van der Waals surface area (Å²) in [7, 11) is 0. The lowest BCUT2D eigenvalue weighted by molar-refractivity contribution is -0.124. The second-order valence-corrected chi connectivity index (χ2v) is 5.07. The van der Waals surface area contributed by atoms with E-state index in [1.54, 1.807) is 30.3 Å². The van der Waals surface area contributed by atoms with E-state index in [2.05, 4.69) is 0 Å². The Kier molecular flexibility index (Phi) is 4.29. The second kappa shape index (κ2) is 5.97. The molecule has 0 unspecified atom stereocenters. The van der Waals surface area contributed by atoms with Crippen molar-refractivity contribution >= 4 is 34.8 Å². The minimum Gasteiger partial charge on any atom is -0.399 e. The zero-order valence-corrected chi connectivity index (χ0v) is 12.5. The first-order valence-electron chi connectivity index (χ1n) is 6.37. The van der Waals surface area contributed by atoms with Gasteiger partial charge in [-0.15, -0.1) is 0 Å². The zero-order chi connectivity index (χ0) is 15.6. The molecule has 0 saturated carbocycles. The highest BCUT2D eigenvalue weighted by Crippen LogP contribution is 2.32. The van der Waals surface area contributed by atoms with E-state index in [-0.39, 0.29) is 11.8 Å². The number of imide groups is 1. The minimum atomic E-state index is -0.348. The van der Waals surface area contributed by atoms with E-state index >= 15 is 0 Å². The van der Waals surface area contributed by atoms with Crippen LogP contribution in [-0.4, -0.2) is 11.8 Å². The molecule has 4 nitrogen and oxygen atoms in total. The number of hydrogen-bond donors (Lipinski definition) is 1. The summed E-state index contributed by atoms with van der Waals surface area (Å²) in [6.45, 7) is 2.67. The molecular formula is C16H15ClN2O2. The highest BCUT2D eigenvalue weighted by molar-refractivity contribution is 6.34. The molecule has 2 aromatic carbocycles. The van der Waals surface area contributed by atoms with E-state index in [9.17, 15) is 9.59 Å². The first kappa shape index (κ1) is 15.1. The van der Waals surface area contributed by atoms with Crippen molar-refractivity contribution in [3.8, 4) is 11.1 Å². The molecule has 0 saturated heterocycles. The van der Waals surface area contributed by atoms with Gasteiger partial charge in [-0.2, -0.15) is 0 Å². The number of anilines is 2. The highest BCUT2D eigenvalue weighted by Gasteiger charge is 2.17. The predicted octanol–water partition coefficient (Wildman–Crippen LogP) is 3.49. The summed E-state index contributed by atoms with van der Waals surface area (Å²) >= 11 is 6.28. The van der Waals surface area contributed by atoms with Crippen LogP contribution < -0.4 is 10.6 Å². The molecule has 0 fully saturated rings. The summed E-state index contributed by atoms with van der Waals surface area (Å²) in [6, 6.07) is 12.4. The number of nitrogens with zero attached hydrogens (tertiary/aromatic N) is 1. The topological polar surface area (TPSA) is 63.4 Å². The number of nitrogens with two attached hydrogens (primary N) is 1. The molecule has 108 valence electrons. The van der Waals surface area contributed by atoms with Crippen molar-refractivity contribution in [1.29, 1.82) is 0 Å². The van der Waals surface area contributed by atoms with E-state index in [1.165, 1.54) is 13.8 Å². The lowest BCUT2D eigenvalue weighted by atomic mass is 10.0. The molecule has 0 aliphatic rings. The Labute approximate surface area is 128 Å². The number of rotatable bonds is 2. The van der Waals surface area contributed by atoms with Crippen LogP contribution in [0.2, 0.25) is 5.02 Å². The molecule has 2 aromatic rings. The maximum absolute atomic E-state index is 11.5. The number of hydrogen-bond acceptors (Lipinski definition) is 3. The van der Waals surface area contributed by atoms with Crippen LogP contribution in [-0.2, 0) is 9.59 Å². The summed E-state index contributed by atoms with van der Waals surface area (Å²) in [5, 5.41) is 0.463. The molecule has 2 rings (SSSR count). The molecule has 0 aliphatic carbocycles. The van der Waals surface area contributed by atoms with Gasteiger partial charge in [0.25, 0.3) is 0 Å². The summed E-state index contributed by atoms with van der Waals surface area (Å²) in [5.74, 6) is -0.697. The first-order valence-corrected chi connectivity index (χ1v) is 6.74. The molecule has 0 atom stereocenters. The third-order valence-electron chi connectivity index (χ3n) is 3.06. The monoisotopic (exact) mass is 302 g/mol. The van der Waals surface area contributed by atoms with E-state index < -0.39 is 0 Å². The van der Waals surface area contributed by atoms with E-state index in [0.717, 1.165) is 16.0 Å². The Hall–Kier alpha value is -2.33. The SMILES string of the molecule is CC(=O)N(C(C)=O)c1ccc(-c2ccc(N)cc2)c(Cl)c1. The zero-order valence-electron chi connectivity index (χ0n) is 11.8. The van der Waals surface area contributed by atoms with Gasteiger partial charge in [0.05, 0.1) is 10.7 Å². The largest absolute Gasteiger partial charge is 0.399 e. The fraction of sp³-hybridized carbons (Fsp3) is 0.125. The molecule has 0 radical (unpaired) electrons. The van der Waals surface area contributed by atoms with Crippen LogP contribution in [0.5, 0.6) is 0 Å². The quantitative estimate of drug-likeness (QED) is 0.864. The Bertz CT molecular complexity index is 682. The standard InChI is InChI=1S/C16H15ClN2O2/c1-10(20)19(11(2)21)14-7-8-15(16(17)9-14)12-3-5-13(18)6-4-12/h3-9H,18H2,1-2H3. The van der Waals surface area contributed by atoms with Crippen LogP contribution >= 0.6 is 11.6 Å². The number of benzene rings is 2. The molecule has 5 heteroatoms. The molecule has 2 amide bonds. The molecule has 21 heavy (non-hydrogen) atoms. The van der Waals surface area contributed by atoms with Crippen LogP contribution in [0.15, 0.2) is 42.5 Å². The van der Waals surface area contributed by atoms with Crippen molar-refractivity contribution in [3.05, 3.63) is 47.5 Å². The average Bonchev–Trinajstić information content (AvgIpc) is 2.39. The Morgan fingerprint density at radius 3 is 2.05 bits per heavy atom. The molecule has 0 bridgehead atoms. The van der Waals surface area contributed by atoms with Crippen molar-refractivity contribution in [2.75, 3.05) is 10.6 Å². The lowest BCUT2D eigenvalue weighted by Gasteiger charge is -2.18. The van der Waals surface area contributed by atoms with Gasteiger partial charge in [-0.3, -0.25) is 14.5 Å². The number of halogens is 1. The van der Waals surface area contributed by atoms with Gasteiger partial charge in [0, 0.05) is 25.1 Å². The molecule has 0 spiro atoms. The number of carbonyl (C=O) groups is 2. The van der Waals surface area contributed by atoms with E-state index in [4.69, 9.17) is 17.3 Å². The van der Waals surface area contributed by atoms with E-state index in [0.29, 0.717) is 16.4 Å². The van der Waals surface area contributed by atoms with Crippen molar-refractivity contribution in [2.45, 2.75) is 13.8 Å². The van der Waals surface area contributed by atoms with Crippen LogP contribution in [0.25, 0.3) is 11.1 Å². The van der Waals surface area contributed by atoms with Crippen LogP contribution in [0, 0.1) is 0 Å². The lowest BCUT2D eigenvalue weighted by Crippen LogP contribution is -2.32. The summed E-state index contributed by atoms with van der Waals surface area (Å²) in [6.07, 6.45) is 0. The third-order valence-corrected chi connectivity index (χ3v) is 3.38. The van der Waals surface area contributed by atoms with Gasteiger partial charge in [-0.1, -0.05) is 29.8 Å². The maximum Gasteiger partial charge on any atom is 0.230 e. The Balaban J connectivity index is 2.44. The van der Waals surface area contributed by atoms with Gasteiger partial charge in [0.2, 0.25) is 11.8 Å². The fourth-order valence-corrected chi connectivity index (χ4v) is 2.41. The van der Waals surface area contributed by atoms with Gasteiger partial charge in [0.1, 0.15) is 0 Å². The van der Waals surface area contributed by atoms with Crippen molar-refractivity contribution in [1.82, 2.24) is 0 Å². The smallest absolute Gasteiger partial charge is 0.230 e. The Morgan fingerprint density at radius 1 is 1.00 bits per heavy atom. The molecule has 2 N–H and O–H groups in total. The summed E-state index contributed by atoms with van der Waals surface area (Å²) in [4.78, 5) is 24.2. The summed E-state index contributed by atoms with van der Waals surface area (Å²) in [5.41, 5.74) is 8.52. The minimum absolute atomic E-state index is 0.348. The normalized spacial score (nSPS) is 10.2. The molecule has 0 aliphatic heterocycles. The summed E-state index contributed by atoms with van der Waals surface area (Å²) < 4.78 is 0. The number of carbonyl (C=O) groups excluding carboxylic acids is 2. The van der Waals surface area contributed by atoms with Crippen LogP contribution in [0.1, 0.15) is 13.8 Å².